The normalized spacial score (nSPS) is 27.3. The molecule has 2 aliphatic heterocycles. The van der Waals surface area contributed by atoms with E-state index in [-0.39, 0.29) is 30.3 Å². The van der Waals surface area contributed by atoms with Gasteiger partial charge in [0.25, 0.3) is 0 Å². The summed E-state index contributed by atoms with van der Waals surface area (Å²) in [6, 6.07) is 2.16. The first-order valence-corrected chi connectivity index (χ1v) is 15.9. The molecule has 1 aliphatic carbocycles. The van der Waals surface area contributed by atoms with Gasteiger partial charge in [0.05, 0.1) is 29.2 Å². The van der Waals surface area contributed by atoms with Crippen LogP contribution in [-0.4, -0.2) is 87.3 Å². The van der Waals surface area contributed by atoms with Crippen LogP contribution in [0.3, 0.4) is 0 Å². The van der Waals surface area contributed by atoms with Gasteiger partial charge >= 0.3 is 6.09 Å². The van der Waals surface area contributed by atoms with Crippen LogP contribution in [0.5, 0.6) is 0 Å². The zero-order valence-corrected chi connectivity index (χ0v) is 26.3. The number of likely N-dealkylation sites (tertiary alicyclic amines) is 1. The van der Waals surface area contributed by atoms with Crippen LogP contribution in [0.25, 0.3) is 11.0 Å². The summed E-state index contributed by atoms with van der Waals surface area (Å²) in [6.07, 6.45) is 8.26. The third-order valence-electron chi connectivity index (χ3n) is 8.49. The first-order chi connectivity index (χ1) is 20.0. The quantitative estimate of drug-likeness (QED) is 0.395. The number of aromatic nitrogens is 4. The van der Waals surface area contributed by atoms with Crippen molar-refractivity contribution >= 4 is 39.3 Å². The van der Waals surface area contributed by atoms with Crippen LogP contribution in [-0.2, 0) is 14.2 Å². The Morgan fingerprint density at radius 3 is 2.79 bits per heavy atom. The van der Waals surface area contributed by atoms with Gasteiger partial charge in [-0.05, 0) is 65.9 Å². The molecule has 228 valence electrons. The van der Waals surface area contributed by atoms with Gasteiger partial charge in [0.2, 0.25) is 0 Å². The second-order valence-corrected chi connectivity index (χ2v) is 14.1. The molecule has 3 fully saturated rings. The van der Waals surface area contributed by atoms with E-state index < -0.39 is 11.4 Å². The van der Waals surface area contributed by atoms with Gasteiger partial charge in [-0.15, -0.1) is 11.3 Å². The second kappa shape index (κ2) is 11.3. The highest BCUT2D eigenvalue weighted by Gasteiger charge is 2.55. The predicted molar refractivity (Wildman–Crippen MR) is 163 cm³/mol. The lowest BCUT2D eigenvalue weighted by molar-refractivity contribution is -0.159. The molecule has 42 heavy (non-hydrogen) atoms. The Morgan fingerprint density at radius 2 is 2.05 bits per heavy atom. The Hall–Kier alpha value is -2.96. The number of ether oxygens (including phenoxy) is 3. The highest BCUT2D eigenvalue weighted by Crippen LogP contribution is 2.48. The van der Waals surface area contributed by atoms with Gasteiger partial charge in [-0.1, -0.05) is 0 Å². The van der Waals surface area contributed by atoms with E-state index in [9.17, 15) is 4.79 Å². The second-order valence-electron chi connectivity index (χ2n) is 13.2. The van der Waals surface area contributed by atoms with Crippen LogP contribution in [0.2, 0.25) is 0 Å². The standard InChI is InChI=1S/C30H43N7O4S/c1-29(2,3)41-28(38)35-10-7-8-19(14-35)15-36(23-13-32-18-42-23)16-20-12-22(25-24(20)39-30(4,5)40-25)37-11-9-21-26(31-6)33-17-34-27(21)37/h9,11,13,17-20,22,24-25H,7-8,10,12,14-16H2,1-6H3,(H,31,33,34)/t19-,20+,22+,24+,25-/m0/s1. The Morgan fingerprint density at radius 1 is 1.24 bits per heavy atom. The first kappa shape index (κ1) is 29.1. The Bertz CT molecular complexity index is 1390. The molecule has 1 amide bonds. The molecule has 0 aromatic carbocycles. The predicted octanol–water partition coefficient (Wildman–Crippen LogP) is 5.16. The SMILES string of the molecule is CNc1ncnc2c1ccn2[C@@H]1C[C@H](CN(C[C@H]2CCCN(C(=O)OC(C)(C)C)C2)c2cncs2)[C@H]2OC(C)(C)O[C@H]21. The largest absolute Gasteiger partial charge is 0.444 e. The van der Waals surface area contributed by atoms with Gasteiger partial charge in [-0.2, -0.15) is 0 Å². The number of carbonyl (C=O) groups is 1. The maximum Gasteiger partial charge on any atom is 0.410 e. The number of hydrogen-bond donors (Lipinski definition) is 1. The summed E-state index contributed by atoms with van der Waals surface area (Å²) in [5.74, 6) is 0.728. The van der Waals surface area contributed by atoms with Crippen molar-refractivity contribution in [1.29, 1.82) is 0 Å². The maximum atomic E-state index is 12.9. The molecule has 3 aromatic rings. The molecule has 1 N–H and O–H groups in total. The number of rotatable bonds is 7. The number of fused-ring (bicyclic) bond motifs is 2. The fraction of sp³-hybridized carbons (Fsp3) is 0.667. The van der Waals surface area contributed by atoms with E-state index in [1.807, 2.05) is 58.3 Å². The third-order valence-corrected chi connectivity index (χ3v) is 9.32. The topological polar surface area (TPSA) is 107 Å². The van der Waals surface area contributed by atoms with Crippen LogP contribution >= 0.6 is 11.3 Å². The Kier molecular flexibility index (Phi) is 7.82. The number of amides is 1. The molecule has 12 heteroatoms. The lowest BCUT2D eigenvalue weighted by Gasteiger charge is -2.37. The summed E-state index contributed by atoms with van der Waals surface area (Å²) in [6.45, 7) is 12.8. The summed E-state index contributed by atoms with van der Waals surface area (Å²) < 4.78 is 21.1. The van der Waals surface area contributed by atoms with Crippen molar-refractivity contribution in [2.24, 2.45) is 11.8 Å². The molecule has 0 radical (unpaired) electrons. The molecule has 1 saturated carbocycles. The Balaban J connectivity index is 1.23. The van der Waals surface area contributed by atoms with Gasteiger partial charge in [0, 0.05) is 45.3 Å². The molecule has 5 atom stereocenters. The number of hydrogen-bond acceptors (Lipinski definition) is 10. The van der Waals surface area contributed by atoms with Gasteiger partial charge in [-0.3, -0.25) is 4.98 Å². The molecule has 11 nitrogen and oxygen atoms in total. The zero-order chi connectivity index (χ0) is 29.6. The van der Waals surface area contributed by atoms with Crippen LogP contribution in [0.1, 0.15) is 59.9 Å². The summed E-state index contributed by atoms with van der Waals surface area (Å²) in [7, 11) is 1.88. The number of piperidine rings is 1. The lowest BCUT2D eigenvalue weighted by Crippen LogP contribution is -2.46. The molecular weight excluding hydrogens is 554 g/mol. The fourth-order valence-corrected chi connectivity index (χ4v) is 7.52. The summed E-state index contributed by atoms with van der Waals surface area (Å²) >= 11 is 1.66. The number of nitrogens with one attached hydrogen (secondary N) is 1. The molecule has 0 unspecified atom stereocenters. The molecule has 0 bridgehead atoms. The van der Waals surface area contributed by atoms with Crippen molar-refractivity contribution < 1.29 is 19.0 Å². The summed E-state index contributed by atoms with van der Waals surface area (Å²) in [4.78, 5) is 30.6. The van der Waals surface area contributed by atoms with Crippen molar-refractivity contribution in [3.63, 3.8) is 0 Å². The minimum atomic E-state index is -0.660. The van der Waals surface area contributed by atoms with Gasteiger partial charge in [0.1, 0.15) is 34.5 Å². The van der Waals surface area contributed by atoms with E-state index >= 15 is 0 Å². The first-order valence-electron chi connectivity index (χ1n) is 15.0. The van der Waals surface area contributed by atoms with Crippen LogP contribution < -0.4 is 10.2 Å². The van der Waals surface area contributed by atoms with Crippen LogP contribution in [0, 0.1) is 11.8 Å². The Labute approximate surface area is 251 Å². The molecule has 5 heterocycles. The summed E-state index contributed by atoms with van der Waals surface area (Å²) in [5.41, 5.74) is 2.28. The van der Waals surface area contributed by atoms with Crippen molar-refractivity contribution in [3.8, 4) is 0 Å². The van der Waals surface area contributed by atoms with E-state index in [0.29, 0.717) is 12.5 Å². The van der Waals surface area contributed by atoms with Gasteiger partial charge < -0.3 is 33.9 Å². The molecule has 3 aromatic heterocycles. The minimum Gasteiger partial charge on any atom is -0.444 e. The monoisotopic (exact) mass is 597 g/mol. The van der Waals surface area contributed by atoms with Gasteiger partial charge in [0.15, 0.2) is 5.79 Å². The van der Waals surface area contributed by atoms with Crippen LogP contribution in [0.4, 0.5) is 15.6 Å². The summed E-state index contributed by atoms with van der Waals surface area (Å²) in [5, 5.41) is 5.32. The highest BCUT2D eigenvalue weighted by molar-refractivity contribution is 7.13. The molecule has 2 saturated heterocycles. The maximum absolute atomic E-state index is 12.9. The minimum absolute atomic E-state index is 0.0481. The van der Waals surface area contributed by atoms with E-state index in [1.54, 1.807) is 17.7 Å². The van der Waals surface area contributed by atoms with E-state index in [4.69, 9.17) is 14.2 Å². The smallest absolute Gasteiger partial charge is 0.410 e. The van der Waals surface area contributed by atoms with Crippen molar-refractivity contribution in [1.82, 2.24) is 24.4 Å². The number of thiazole rings is 1. The van der Waals surface area contributed by atoms with E-state index in [2.05, 4.69) is 42.0 Å². The average Bonchev–Trinajstić information content (AvgIpc) is 3.72. The highest BCUT2D eigenvalue weighted by atomic mass is 32.1. The van der Waals surface area contributed by atoms with Crippen LogP contribution in [0.15, 0.2) is 30.3 Å². The van der Waals surface area contributed by atoms with Gasteiger partial charge in [-0.25, -0.2) is 14.8 Å². The number of nitrogens with zero attached hydrogens (tertiary/aromatic N) is 6. The molecule has 3 aliphatic rings. The van der Waals surface area contributed by atoms with Crippen molar-refractivity contribution in [3.05, 3.63) is 30.3 Å². The fourth-order valence-electron chi connectivity index (χ4n) is 6.87. The van der Waals surface area contributed by atoms with E-state index in [1.165, 1.54) is 0 Å². The third kappa shape index (κ3) is 5.93. The molecule has 0 spiro atoms. The van der Waals surface area contributed by atoms with Crippen molar-refractivity contribution in [2.45, 2.75) is 83.5 Å². The number of carbonyl (C=O) groups excluding carboxylic acids is 1. The number of anilines is 2. The zero-order valence-electron chi connectivity index (χ0n) is 25.4. The molecule has 6 rings (SSSR count). The lowest BCUT2D eigenvalue weighted by atomic mass is 9.96. The molecular formula is C30H43N7O4S. The van der Waals surface area contributed by atoms with Crippen molar-refractivity contribution in [2.75, 3.05) is 43.4 Å². The average molecular weight is 598 g/mol. The van der Waals surface area contributed by atoms with E-state index in [0.717, 1.165) is 60.7 Å².